The van der Waals surface area contributed by atoms with Crippen molar-refractivity contribution in [2.24, 2.45) is 5.73 Å². The first kappa shape index (κ1) is 11.4. The van der Waals surface area contributed by atoms with Crippen LogP contribution in [-0.2, 0) is 13.0 Å². The molecule has 0 saturated carbocycles. The number of aryl methyl sites for hydroxylation is 1. The summed E-state index contributed by atoms with van der Waals surface area (Å²) < 4.78 is 2.23. The molecule has 1 atom stereocenters. The van der Waals surface area contributed by atoms with Crippen molar-refractivity contribution in [2.45, 2.75) is 32.9 Å². The number of thiophene rings is 1. The van der Waals surface area contributed by atoms with E-state index in [2.05, 4.69) is 42.0 Å². The first-order valence-electron chi connectivity index (χ1n) is 5.69. The zero-order valence-electron chi connectivity index (χ0n) is 9.81. The number of hydrogen-bond acceptors (Lipinski definition) is 2. The summed E-state index contributed by atoms with van der Waals surface area (Å²) in [5, 5.41) is 0. The summed E-state index contributed by atoms with van der Waals surface area (Å²) in [5.74, 6) is 0. The molecule has 16 heavy (non-hydrogen) atoms. The highest BCUT2D eigenvalue weighted by Crippen LogP contribution is 2.20. The summed E-state index contributed by atoms with van der Waals surface area (Å²) in [5.41, 5.74) is 7.13. The lowest BCUT2D eigenvalue weighted by atomic mass is 10.2. The van der Waals surface area contributed by atoms with Gasteiger partial charge in [-0.25, -0.2) is 0 Å². The summed E-state index contributed by atoms with van der Waals surface area (Å²) in [6.45, 7) is 5.16. The normalized spacial score (nSPS) is 12.9. The summed E-state index contributed by atoms with van der Waals surface area (Å²) in [6, 6.07) is 8.69. The topological polar surface area (TPSA) is 30.9 Å². The summed E-state index contributed by atoms with van der Waals surface area (Å²) in [6.07, 6.45) is 3.22. The fourth-order valence-electron chi connectivity index (χ4n) is 1.85. The highest BCUT2D eigenvalue weighted by Gasteiger charge is 2.06. The van der Waals surface area contributed by atoms with E-state index in [4.69, 9.17) is 5.73 Å². The lowest BCUT2D eigenvalue weighted by molar-refractivity contribution is 0.680. The number of nitrogens with zero attached hydrogens (tertiary/aromatic N) is 1. The predicted octanol–water partition coefficient (Wildman–Crippen LogP) is 3.18. The van der Waals surface area contributed by atoms with Gasteiger partial charge in [-0.15, -0.1) is 11.3 Å². The average Bonchev–Trinajstić information content (AvgIpc) is 2.87. The van der Waals surface area contributed by atoms with E-state index >= 15 is 0 Å². The van der Waals surface area contributed by atoms with E-state index in [0.717, 1.165) is 13.0 Å². The van der Waals surface area contributed by atoms with Gasteiger partial charge >= 0.3 is 0 Å². The van der Waals surface area contributed by atoms with Crippen LogP contribution in [0.1, 0.15) is 35.3 Å². The predicted molar refractivity (Wildman–Crippen MR) is 69.8 cm³/mol. The van der Waals surface area contributed by atoms with E-state index in [0.29, 0.717) is 0 Å². The molecule has 2 nitrogen and oxygen atoms in total. The molecule has 1 unspecified atom stereocenters. The quantitative estimate of drug-likeness (QED) is 0.865. The van der Waals surface area contributed by atoms with Crippen molar-refractivity contribution >= 4 is 11.3 Å². The van der Waals surface area contributed by atoms with Crippen molar-refractivity contribution in [1.82, 2.24) is 4.57 Å². The molecule has 0 aliphatic heterocycles. The molecule has 2 heterocycles. The van der Waals surface area contributed by atoms with Crippen molar-refractivity contribution in [3.63, 3.8) is 0 Å². The van der Waals surface area contributed by atoms with Gasteiger partial charge in [0.15, 0.2) is 0 Å². The maximum Gasteiger partial charge on any atom is 0.0566 e. The Bertz CT molecular complexity index is 454. The van der Waals surface area contributed by atoms with Gasteiger partial charge in [0.05, 0.1) is 6.54 Å². The third-order valence-corrected chi connectivity index (χ3v) is 3.94. The van der Waals surface area contributed by atoms with E-state index in [1.54, 1.807) is 0 Å². The molecule has 0 saturated heterocycles. The minimum atomic E-state index is 0.0978. The van der Waals surface area contributed by atoms with Crippen molar-refractivity contribution in [1.29, 1.82) is 0 Å². The summed E-state index contributed by atoms with van der Waals surface area (Å²) in [4.78, 5) is 2.85. The third-order valence-electron chi connectivity index (χ3n) is 2.72. The van der Waals surface area contributed by atoms with Crippen LogP contribution in [0.25, 0.3) is 0 Å². The number of rotatable bonds is 4. The first-order valence-corrected chi connectivity index (χ1v) is 6.50. The molecule has 2 aromatic heterocycles. The Morgan fingerprint density at radius 1 is 1.31 bits per heavy atom. The SMILES string of the molecule is CCc1ccc(Cn2cccc2C(C)N)s1. The van der Waals surface area contributed by atoms with Gasteiger partial charge in [0, 0.05) is 27.7 Å². The minimum Gasteiger partial charge on any atom is -0.345 e. The van der Waals surface area contributed by atoms with Crippen molar-refractivity contribution in [2.75, 3.05) is 0 Å². The first-order chi connectivity index (χ1) is 7.70. The number of nitrogens with two attached hydrogens (primary N) is 1. The maximum absolute atomic E-state index is 5.93. The minimum absolute atomic E-state index is 0.0978. The van der Waals surface area contributed by atoms with Crippen molar-refractivity contribution < 1.29 is 0 Å². The molecule has 0 bridgehead atoms. The van der Waals surface area contributed by atoms with Crippen LogP contribution in [-0.4, -0.2) is 4.57 Å². The Hall–Kier alpha value is -1.06. The van der Waals surface area contributed by atoms with Gasteiger partial charge in [-0.1, -0.05) is 6.92 Å². The average molecular weight is 234 g/mol. The van der Waals surface area contributed by atoms with Crippen LogP contribution in [0.4, 0.5) is 0 Å². The molecule has 0 aliphatic carbocycles. The second kappa shape index (κ2) is 4.85. The van der Waals surface area contributed by atoms with Crippen LogP contribution in [0.2, 0.25) is 0 Å². The number of aromatic nitrogens is 1. The van der Waals surface area contributed by atoms with E-state index in [1.807, 2.05) is 18.3 Å². The number of hydrogen-bond donors (Lipinski definition) is 1. The Kier molecular flexibility index (Phi) is 3.46. The Balaban J connectivity index is 2.17. The molecular weight excluding hydrogens is 216 g/mol. The molecule has 0 aromatic carbocycles. The lowest BCUT2D eigenvalue weighted by Crippen LogP contribution is -2.11. The molecule has 2 rings (SSSR count). The van der Waals surface area contributed by atoms with Gasteiger partial charge in [-0.2, -0.15) is 0 Å². The Labute approximate surface area is 101 Å². The molecule has 2 N–H and O–H groups in total. The van der Waals surface area contributed by atoms with Gasteiger partial charge in [-0.3, -0.25) is 0 Å². The van der Waals surface area contributed by atoms with Crippen molar-refractivity contribution in [3.05, 3.63) is 45.9 Å². The molecule has 0 spiro atoms. The fraction of sp³-hybridized carbons (Fsp3) is 0.385. The largest absolute Gasteiger partial charge is 0.345 e. The lowest BCUT2D eigenvalue weighted by Gasteiger charge is -2.10. The monoisotopic (exact) mass is 234 g/mol. The van der Waals surface area contributed by atoms with Crippen LogP contribution in [0, 0.1) is 0 Å². The van der Waals surface area contributed by atoms with E-state index in [9.17, 15) is 0 Å². The zero-order chi connectivity index (χ0) is 11.5. The smallest absolute Gasteiger partial charge is 0.0566 e. The third kappa shape index (κ3) is 2.36. The zero-order valence-corrected chi connectivity index (χ0v) is 10.6. The highest BCUT2D eigenvalue weighted by atomic mass is 32.1. The van der Waals surface area contributed by atoms with Gasteiger partial charge in [-0.05, 0) is 37.6 Å². The van der Waals surface area contributed by atoms with Gasteiger partial charge in [0.1, 0.15) is 0 Å². The van der Waals surface area contributed by atoms with Gasteiger partial charge in [0.25, 0.3) is 0 Å². The van der Waals surface area contributed by atoms with Crippen LogP contribution >= 0.6 is 11.3 Å². The molecule has 0 fully saturated rings. The van der Waals surface area contributed by atoms with E-state index in [-0.39, 0.29) is 6.04 Å². The molecule has 0 aliphatic rings. The molecule has 86 valence electrons. The van der Waals surface area contributed by atoms with Gasteiger partial charge in [0.2, 0.25) is 0 Å². The second-order valence-electron chi connectivity index (χ2n) is 4.07. The molecule has 3 heteroatoms. The van der Waals surface area contributed by atoms with Crippen LogP contribution in [0.5, 0.6) is 0 Å². The van der Waals surface area contributed by atoms with Crippen molar-refractivity contribution in [3.8, 4) is 0 Å². The molecule has 0 radical (unpaired) electrons. The Morgan fingerprint density at radius 2 is 2.06 bits per heavy atom. The molecular formula is C13H18N2S. The van der Waals surface area contributed by atoms with Crippen LogP contribution in [0.3, 0.4) is 0 Å². The van der Waals surface area contributed by atoms with Crippen LogP contribution < -0.4 is 5.73 Å². The van der Waals surface area contributed by atoms with E-state index in [1.165, 1.54) is 15.4 Å². The maximum atomic E-state index is 5.93. The highest BCUT2D eigenvalue weighted by molar-refractivity contribution is 7.11. The Morgan fingerprint density at radius 3 is 2.69 bits per heavy atom. The molecule has 0 amide bonds. The fourth-order valence-corrected chi connectivity index (χ4v) is 2.81. The standard InChI is InChI=1S/C13H18N2S/c1-3-11-6-7-12(16-11)9-15-8-4-5-13(15)10(2)14/h4-8,10H,3,9,14H2,1-2H3. The summed E-state index contributed by atoms with van der Waals surface area (Å²) >= 11 is 1.89. The van der Waals surface area contributed by atoms with E-state index < -0.39 is 0 Å². The second-order valence-corrected chi connectivity index (χ2v) is 5.32. The molecule has 2 aromatic rings. The summed E-state index contributed by atoms with van der Waals surface area (Å²) in [7, 11) is 0. The van der Waals surface area contributed by atoms with Crippen LogP contribution in [0.15, 0.2) is 30.5 Å². The van der Waals surface area contributed by atoms with Gasteiger partial charge < -0.3 is 10.3 Å².